The van der Waals surface area contributed by atoms with Crippen LogP contribution in [0.2, 0.25) is 0 Å². The van der Waals surface area contributed by atoms with Crippen molar-refractivity contribution in [3.05, 3.63) is 72.3 Å². The summed E-state index contributed by atoms with van der Waals surface area (Å²) in [6, 6.07) is 15.0. The highest BCUT2D eigenvalue weighted by Gasteiger charge is 2.11. The Balaban J connectivity index is 1.58. The van der Waals surface area contributed by atoms with Crippen LogP contribution in [0.5, 0.6) is 17.2 Å². The first-order valence-electron chi connectivity index (χ1n) is 9.05. The van der Waals surface area contributed by atoms with Gasteiger partial charge >= 0.3 is 0 Å². The number of rotatable bonds is 9. The maximum absolute atomic E-state index is 13.0. The number of carbonyl (C=O) groups is 1. The number of carbonyl (C=O) groups excluding carboxylic acids is 1. The van der Waals surface area contributed by atoms with Gasteiger partial charge in [0, 0.05) is 22.4 Å². The molecule has 0 saturated heterocycles. The number of nitrogens with zero attached hydrogens (tertiary/aromatic N) is 1. The first-order chi connectivity index (χ1) is 14.6. The molecular formula is C22H21FN2O4S. The van der Waals surface area contributed by atoms with E-state index < -0.39 is 0 Å². The molecular weight excluding hydrogens is 407 g/mol. The molecule has 0 saturated carbocycles. The van der Waals surface area contributed by atoms with Gasteiger partial charge in [-0.3, -0.25) is 9.78 Å². The van der Waals surface area contributed by atoms with Crippen molar-refractivity contribution < 1.29 is 23.4 Å². The van der Waals surface area contributed by atoms with E-state index in [9.17, 15) is 9.18 Å². The summed E-state index contributed by atoms with van der Waals surface area (Å²) in [5, 5.41) is 2.76. The summed E-state index contributed by atoms with van der Waals surface area (Å²) >= 11 is 1.52. The molecule has 0 bridgehead atoms. The lowest BCUT2D eigenvalue weighted by Crippen LogP contribution is -2.20. The molecule has 1 heterocycles. The van der Waals surface area contributed by atoms with Gasteiger partial charge in [-0.2, -0.15) is 0 Å². The van der Waals surface area contributed by atoms with Gasteiger partial charge in [0.2, 0.25) is 0 Å². The standard InChI is InChI=1S/C22H21FN2O4S/c1-27-18-7-5-16(6-8-18)25-22(26)13-29-20-11-17(24-12-21(20)28-2)14-30-19-9-3-15(23)4-10-19/h3-12H,13-14H2,1-2H3,(H,25,26). The van der Waals surface area contributed by atoms with Crippen LogP contribution in [0, 0.1) is 5.82 Å². The van der Waals surface area contributed by atoms with Gasteiger partial charge in [0.1, 0.15) is 11.6 Å². The topological polar surface area (TPSA) is 69.7 Å². The molecule has 0 aliphatic heterocycles. The molecule has 0 aliphatic rings. The molecule has 1 amide bonds. The largest absolute Gasteiger partial charge is 0.497 e. The molecule has 1 aromatic heterocycles. The number of methoxy groups -OCH3 is 2. The van der Waals surface area contributed by atoms with Gasteiger partial charge in [-0.15, -0.1) is 11.8 Å². The summed E-state index contributed by atoms with van der Waals surface area (Å²) in [6.45, 7) is -0.184. The fourth-order valence-corrected chi connectivity index (χ4v) is 3.31. The number of hydrogen-bond acceptors (Lipinski definition) is 6. The Morgan fingerprint density at radius 2 is 1.77 bits per heavy atom. The Bertz CT molecular complexity index is 981. The van der Waals surface area contributed by atoms with Gasteiger partial charge in [0.25, 0.3) is 5.91 Å². The number of aromatic nitrogens is 1. The SMILES string of the molecule is COc1ccc(NC(=O)COc2cc(CSc3ccc(F)cc3)ncc2OC)cc1. The fourth-order valence-electron chi connectivity index (χ4n) is 2.51. The minimum atomic E-state index is -0.304. The smallest absolute Gasteiger partial charge is 0.262 e. The average molecular weight is 428 g/mol. The second-order valence-electron chi connectivity index (χ2n) is 6.13. The zero-order chi connectivity index (χ0) is 21.3. The van der Waals surface area contributed by atoms with Crippen molar-refractivity contribution in [3.8, 4) is 17.2 Å². The summed E-state index contributed by atoms with van der Waals surface area (Å²) in [4.78, 5) is 17.5. The molecule has 0 atom stereocenters. The quantitative estimate of drug-likeness (QED) is 0.505. The molecule has 2 aromatic carbocycles. The predicted molar refractivity (Wildman–Crippen MR) is 114 cm³/mol. The Hall–Kier alpha value is -3.26. The van der Waals surface area contributed by atoms with E-state index in [4.69, 9.17) is 14.2 Å². The summed E-state index contributed by atoms with van der Waals surface area (Å²) in [6.07, 6.45) is 1.55. The summed E-state index contributed by atoms with van der Waals surface area (Å²) in [5.41, 5.74) is 1.39. The second kappa shape index (κ2) is 10.5. The Morgan fingerprint density at radius 1 is 1.03 bits per heavy atom. The molecule has 8 heteroatoms. The van der Waals surface area contributed by atoms with Crippen LogP contribution in [0.25, 0.3) is 0 Å². The normalized spacial score (nSPS) is 10.4. The first-order valence-corrected chi connectivity index (χ1v) is 10.0. The van der Waals surface area contributed by atoms with Crippen molar-refractivity contribution in [2.75, 3.05) is 26.1 Å². The van der Waals surface area contributed by atoms with Crippen LogP contribution in [-0.4, -0.2) is 31.7 Å². The molecule has 0 unspecified atom stereocenters. The van der Waals surface area contributed by atoms with Gasteiger partial charge in [0.05, 0.1) is 26.1 Å². The molecule has 0 radical (unpaired) electrons. The van der Waals surface area contributed by atoms with E-state index in [1.165, 1.54) is 31.0 Å². The molecule has 3 aromatic rings. The number of pyridine rings is 1. The monoisotopic (exact) mass is 428 g/mol. The summed E-state index contributed by atoms with van der Waals surface area (Å²) in [7, 11) is 3.09. The van der Waals surface area contributed by atoms with Crippen molar-refractivity contribution in [2.24, 2.45) is 0 Å². The van der Waals surface area contributed by atoms with E-state index in [2.05, 4.69) is 10.3 Å². The third-order valence-electron chi connectivity index (χ3n) is 4.04. The molecule has 156 valence electrons. The third-order valence-corrected chi connectivity index (χ3v) is 5.09. The number of halogens is 1. The van der Waals surface area contributed by atoms with E-state index in [-0.39, 0.29) is 18.3 Å². The number of thioether (sulfide) groups is 1. The molecule has 6 nitrogen and oxygen atoms in total. The molecule has 0 aliphatic carbocycles. The Labute approximate surface area is 178 Å². The number of ether oxygens (including phenoxy) is 3. The van der Waals surface area contributed by atoms with Gasteiger partial charge in [-0.05, 0) is 48.5 Å². The van der Waals surface area contributed by atoms with E-state index in [1.807, 2.05) is 0 Å². The summed E-state index contributed by atoms with van der Waals surface area (Å²) in [5.74, 6) is 1.54. The van der Waals surface area contributed by atoms with Crippen molar-refractivity contribution in [2.45, 2.75) is 10.6 Å². The van der Waals surface area contributed by atoms with Crippen LogP contribution in [0.3, 0.4) is 0 Å². The predicted octanol–water partition coefficient (Wildman–Crippen LogP) is 4.55. The molecule has 0 fully saturated rings. The van der Waals surface area contributed by atoms with Gasteiger partial charge in [-0.25, -0.2) is 4.39 Å². The molecule has 3 rings (SSSR count). The van der Waals surface area contributed by atoms with Crippen molar-refractivity contribution in [1.29, 1.82) is 0 Å². The number of benzene rings is 2. The van der Waals surface area contributed by atoms with Crippen LogP contribution < -0.4 is 19.5 Å². The van der Waals surface area contributed by atoms with Gasteiger partial charge in [-0.1, -0.05) is 0 Å². The Kier molecular flexibility index (Phi) is 7.51. The van der Waals surface area contributed by atoms with E-state index >= 15 is 0 Å². The number of nitrogens with one attached hydrogen (secondary N) is 1. The van der Waals surface area contributed by atoms with E-state index in [0.717, 1.165) is 10.6 Å². The Morgan fingerprint density at radius 3 is 2.43 bits per heavy atom. The number of hydrogen-bond donors (Lipinski definition) is 1. The zero-order valence-corrected chi connectivity index (χ0v) is 17.4. The highest BCUT2D eigenvalue weighted by Crippen LogP contribution is 2.29. The third kappa shape index (κ3) is 6.12. The average Bonchev–Trinajstić information content (AvgIpc) is 2.78. The molecule has 0 spiro atoms. The van der Waals surface area contributed by atoms with Gasteiger partial charge in [0.15, 0.2) is 18.1 Å². The maximum Gasteiger partial charge on any atom is 0.262 e. The highest BCUT2D eigenvalue weighted by molar-refractivity contribution is 7.98. The first kappa shape index (κ1) is 21.4. The van der Waals surface area contributed by atoms with E-state index in [0.29, 0.717) is 28.7 Å². The molecule has 1 N–H and O–H groups in total. The van der Waals surface area contributed by atoms with E-state index in [1.54, 1.807) is 55.8 Å². The molecule has 30 heavy (non-hydrogen) atoms. The lowest BCUT2D eigenvalue weighted by Gasteiger charge is -2.12. The van der Waals surface area contributed by atoms with Crippen LogP contribution >= 0.6 is 11.8 Å². The van der Waals surface area contributed by atoms with Gasteiger partial charge < -0.3 is 19.5 Å². The van der Waals surface area contributed by atoms with Crippen LogP contribution in [0.1, 0.15) is 5.69 Å². The maximum atomic E-state index is 13.0. The van der Waals surface area contributed by atoms with Crippen LogP contribution in [-0.2, 0) is 10.5 Å². The number of amides is 1. The van der Waals surface area contributed by atoms with Crippen molar-refractivity contribution in [3.63, 3.8) is 0 Å². The minimum absolute atomic E-state index is 0.184. The van der Waals surface area contributed by atoms with Crippen molar-refractivity contribution >= 4 is 23.4 Å². The van der Waals surface area contributed by atoms with Crippen LogP contribution in [0.4, 0.5) is 10.1 Å². The zero-order valence-electron chi connectivity index (χ0n) is 16.6. The lowest BCUT2D eigenvalue weighted by atomic mass is 10.3. The summed E-state index contributed by atoms with van der Waals surface area (Å²) < 4.78 is 29.0. The number of anilines is 1. The highest BCUT2D eigenvalue weighted by atomic mass is 32.2. The lowest BCUT2D eigenvalue weighted by molar-refractivity contribution is -0.118. The fraction of sp³-hybridized carbons (Fsp3) is 0.182. The van der Waals surface area contributed by atoms with Crippen LogP contribution in [0.15, 0.2) is 65.7 Å². The second-order valence-corrected chi connectivity index (χ2v) is 7.18. The van der Waals surface area contributed by atoms with Crippen molar-refractivity contribution in [1.82, 2.24) is 4.98 Å². The minimum Gasteiger partial charge on any atom is -0.497 e.